The average molecular weight is 191 g/mol. The third-order valence-corrected chi connectivity index (χ3v) is 2.72. The predicted octanol–water partition coefficient (Wildman–Crippen LogP) is 1.30. The molecule has 0 spiro atoms. The Hall–Kier alpha value is 0.210. The van der Waals surface area contributed by atoms with Crippen molar-refractivity contribution in [1.82, 2.24) is 10.2 Å². The number of alkyl halides is 1. The summed E-state index contributed by atoms with van der Waals surface area (Å²) in [7, 11) is 0. The van der Waals surface area contributed by atoms with Crippen LogP contribution in [0.3, 0.4) is 0 Å². The lowest BCUT2D eigenvalue weighted by molar-refractivity contribution is 0.0957. The SMILES string of the molecule is C1CN(C2CCNCC2)C1.CCl. The highest BCUT2D eigenvalue weighted by molar-refractivity contribution is 6.15. The van der Waals surface area contributed by atoms with E-state index in [-0.39, 0.29) is 0 Å². The van der Waals surface area contributed by atoms with Gasteiger partial charge in [0.25, 0.3) is 0 Å². The van der Waals surface area contributed by atoms with Crippen molar-refractivity contribution in [3.63, 3.8) is 0 Å². The lowest BCUT2D eigenvalue weighted by Crippen LogP contribution is -2.49. The molecule has 0 amide bonds. The van der Waals surface area contributed by atoms with Crippen molar-refractivity contribution < 1.29 is 0 Å². The standard InChI is InChI=1S/C8H16N2.CH3Cl/c1-6-10(7-1)8-2-4-9-5-3-8;1-2/h8-9H,1-7H2;1H3. The maximum Gasteiger partial charge on any atom is 0.0119 e. The van der Waals surface area contributed by atoms with Crippen LogP contribution in [-0.4, -0.2) is 43.5 Å². The quantitative estimate of drug-likeness (QED) is 0.628. The maximum atomic E-state index is 4.64. The Morgan fingerprint density at radius 2 is 1.75 bits per heavy atom. The molecule has 0 aromatic rings. The van der Waals surface area contributed by atoms with Crippen LogP contribution in [0.15, 0.2) is 0 Å². The molecule has 0 aliphatic carbocycles. The van der Waals surface area contributed by atoms with E-state index in [1.807, 2.05) is 0 Å². The van der Waals surface area contributed by atoms with Crippen LogP contribution < -0.4 is 5.32 Å². The van der Waals surface area contributed by atoms with E-state index in [0.29, 0.717) is 0 Å². The van der Waals surface area contributed by atoms with E-state index >= 15 is 0 Å². The zero-order chi connectivity index (χ0) is 8.81. The van der Waals surface area contributed by atoms with Crippen molar-refractivity contribution in [2.75, 3.05) is 32.6 Å². The summed E-state index contributed by atoms with van der Waals surface area (Å²) in [6, 6.07) is 0.926. The summed E-state index contributed by atoms with van der Waals surface area (Å²) in [6.45, 7) is 5.21. The van der Waals surface area contributed by atoms with E-state index in [1.165, 1.54) is 51.8 Å². The maximum absolute atomic E-state index is 4.64. The summed E-state index contributed by atoms with van der Waals surface area (Å²) in [5.74, 6) is 0. The number of hydrogen-bond donors (Lipinski definition) is 1. The summed E-state index contributed by atoms with van der Waals surface area (Å²) in [5.41, 5.74) is 0. The molecule has 0 aromatic carbocycles. The molecule has 0 unspecified atom stereocenters. The van der Waals surface area contributed by atoms with Crippen LogP contribution in [0.2, 0.25) is 0 Å². The molecular weight excluding hydrogens is 172 g/mol. The van der Waals surface area contributed by atoms with Gasteiger partial charge in [-0.15, -0.1) is 11.6 Å². The van der Waals surface area contributed by atoms with Crippen LogP contribution in [0.4, 0.5) is 0 Å². The molecule has 72 valence electrons. The molecule has 2 saturated heterocycles. The Labute approximate surface area is 80.3 Å². The summed E-state index contributed by atoms with van der Waals surface area (Å²) in [5, 5.41) is 3.39. The molecule has 1 N–H and O–H groups in total. The van der Waals surface area contributed by atoms with Gasteiger partial charge in [-0.05, 0) is 45.4 Å². The van der Waals surface area contributed by atoms with E-state index in [1.54, 1.807) is 0 Å². The van der Waals surface area contributed by atoms with Gasteiger partial charge in [0.2, 0.25) is 0 Å². The van der Waals surface area contributed by atoms with E-state index in [4.69, 9.17) is 0 Å². The number of likely N-dealkylation sites (tertiary alicyclic amines) is 1. The molecule has 2 aliphatic heterocycles. The first-order valence-corrected chi connectivity index (χ1v) is 5.55. The first kappa shape index (κ1) is 10.3. The van der Waals surface area contributed by atoms with Gasteiger partial charge in [0.05, 0.1) is 0 Å². The topological polar surface area (TPSA) is 15.3 Å². The van der Waals surface area contributed by atoms with Crippen molar-refractivity contribution in [2.45, 2.75) is 25.3 Å². The van der Waals surface area contributed by atoms with Gasteiger partial charge in [-0.1, -0.05) is 0 Å². The van der Waals surface area contributed by atoms with Gasteiger partial charge in [0.1, 0.15) is 0 Å². The van der Waals surface area contributed by atoms with Gasteiger partial charge in [-0.3, -0.25) is 0 Å². The Morgan fingerprint density at radius 1 is 1.17 bits per heavy atom. The molecule has 2 rings (SSSR count). The zero-order valence-electron chi connectivity index (χ0n) is 7.85. The normalized spacial score (nSPS) is 25.5. The van der Waals surface area contributed by atoms with Gasteiger partial charge in [0.15, 0.2) is 0 Å². The van der Waals surface area contributed by atoms with E-state index in [0.717, 1.165) is 6.04 Å². The summed E-state index contributed by atoms with van der Waals surface area (Å²) < 4.78 is 0. The number of halogens is 1. The molecular formula is C9H19ClN2. The second kappa shape index (κ2) is 5.79. The van der Waals surface area contributed by atoms with Crippen LogP contribution in [0, 0.1) is 0 Å². The fraction of sp³-hybridized carbons (Fsp3) is 1.00. The summed E-state index contributed by atoms with van der Waals surface area (Å²) in [6.07, 6.45) is 5.66. The number of rotatable bonds is 1. The van der Waals surface area contributed by atoms with Gasteiger partial charge in [0, 0.05) is 12.4 Å². The average Bonchev–Trinajstić information content (AvgIpc) is 2.07. The molecule has 0 bridgehead atoms. The second-order valence-electron chi connectivity index (χ2n) is 3.37. The number of nitrogens with zero attached hydrogens (tertiary/aromatic N) is 1. The highest BCUT2D eigenvalue weighted by Gasteiger charge is 2.24. The molecule has 0 atom stereocenters. The summed E-state index contributed by atoms with van der Waals surface area (Å²) in [4.78, 5) is 2.63. The highest BCUT2D eigenvalue weighted by Crippen LogP contribution is 2.17. The first-order chi connectivity index (χ1) is 5.97. The zero-order valence-corrected chi connectivity index (χ0v) is 8.61. The molecule has 0 saturated carbocycles. The summed E-state index contributed by atoms with van der Waals surface area (Å²) >= 11 is 4.64. The van der Waals surface area contributed by atoms with Crippen LogP contribution >= 0.6 is 11.6 Å². The van der Waals surface area contributed by atoms with Crippen LogP contribution in [-0.2, 0) is 0 Å². The Morgan fingerprint density at radius 3 is 2.17 bits per heavy atom. The van der Waals surface area contributed by atoms with Gasteiger partial charge >= 0.3 is 0 Å². The molecule has 3 heteroatoms. The molecule has 12 heavy (non-hydrogen) atoms. The highest BCUT2D eigenvalue weighted by atomic mass is 35.5. The second-order valence-corrected chi connectivity index (χ2v) is 3.37. The molecule has 2 aliphatic rings. The lowest BCUT2D eigenvalue weighted by atomic mass is 10.0. The Kier molecular flexibility index (Phi) is 4.96. The van der Waals surface area contributed by atoms with E-state index in [9.17, 15) is 0 Å². The minimum absolute atomic E-state index is 0.926. The van der Waals surface area contributed by atoms with Crippen molar-refractivity contribution in [2.24, 2.45) is 0 Å². The van der Waals surface area contributed by atoms with E-state index < -0.39 is 0 Å². The van der Waals surface area contributed by atoms with Crippen molar-refractivity contribution in [1.29, 1.82) is 0 Å². The number of piperidine rings is 1. The number of hydrogen-bond acceptors (Lipinski definition) is 2. The van der Waals surface area contributed by atoms with Gasteiger partial charge in [-0.25, -0.2) is 0 Å². The van der Waals surface area contributed by atoms with Crippen LogP contribution in [0.5, 0.6) is 0 Å². The largest absolute Gasteiger partial charge is 0.317 e. The molecule has 0 radical (unpaired) electrons. The fourth-order valence-electron chi connectivity index (χ4n) is 1.88. The minimum Gasteiger partial charge on any atom is -0.317 e. The van der Waals surface area contributed by atoms with Gasteiger partial charge < -0.3 is 10.2 Å². The molecule has 2 nitrogen and oxygen atoms in total. The van der Waals surface area contributed by atoms with Crippen LogP contribution in [0.1, 0.15) is 19.3 Å². The molecule has 0 aromatic heterocycles. The van der Waals surface area contributed by atoms with Crippen LogP contribution in [0.25, 0.3) is 0 Å². The predicted molar refractivity (Wildman–Crippen MR) is 53.9 cm³/mol. The monoisotopic (exact) mass is 190 g/mol. The Balaban J connectivity index is 0.000000336. The smallest absolute Gasteiger partial charge is 0.0119 e. The molecule has 2 fully saturated rings. The third kappa shape index (κ3) is 2.61. The van der Waals surface area contributed by atoms with Crippen molar-refractivity contribution in [3.05, 3.63) is 0 Å². The number of nitrogens with one attached hydrogen (secondary N) is 1. The van der Waals surface area contributed by atoms with Crippen molar-refractivity contribution >= 4 is 11.6 Å². The molecule has 2 heterocycles. The fourth-order valence-corrected chi connectivity index (χ4v) is 1.88. The lowest BCUT2D eigenvalue weighted by Gasteiger charge is -2.40. The first-order valence-electron chi connectivity index (χ1n) is 4.79. The van der Waals surface area contributed by atoms with E-state index in [2.05, 4.69) is 21.8 Å². The minimum atomic E-state index is 0.926. The van der Waals surface area contributed by atoms with Crippen molar-refractivity contribution in [3.8, 4) is 0 Å². The Bertz CT molecular complexity index is 109. The van der Waals surface area contributed by atoms with Gasteiger partial charge in [-0.2, -0.15) is 0 Å². The third-order valence-electron chi connectivity index (χ3n) is 2.72.